The largest absolute Gasteiger partial charge is 0.384 e. The highest BCUT2D eigenvalue weighted by molar-refractivity contribution is 6.21. The summed E-state index contributed by atoms with van der Waals surface area (Å²) in [6.45, 7) is 1.63. The van der Waals surface area contributed by atoms with Gasteiger partial charge in [-0.1, -0.05) is 54.6 Å². The highest BCUT2D eigenvalue weighted by Gasteiger charge is 2.31. The first-order chi connectivity index (χ1) is 15.3. The van der Waals surface area contributed by atoms with Crippen molar-refractivity contribution >= 4 is 23.5 Å². The summed E-state index contributed by atoms with van der Waals surface area (Å²) in [4.78, 5) is 13.0. The Hall–Kier alpha value is -3.29. The lowest BCUT2D eigenvalue weighted by molar-refractivity contribution is -0.139. The molecule has 0 aliphatic carbocycles. The molecule has 0 heterocycles. The van der Waals surface area contributed by atoms with E-state index < -0.39 is 29.2 Å². The summed E-state index contributed by atoms with van der Waals surface area (Å²) in [7, 11) is 0. The summed E-state index contributed by atoms with van der Waals surface area (Å²) in [6.07, 6.45) is -1.54. The highest BCUT2D eigenvalue weighted by atomic mass is 35.5. The Morgan fingerprint density at radius 3 is 2.19 bits per heavy atom. The number of nitrogen functional groups attached to an aromatic ring is 1. The summed E-state index contributed by atoms with van der Waals surface area (Å²) < 4.78 is 36.2. The quantitative estimate of drug-likeness (QED) is 0.278. The van der Waals surface area contributed by atoms with Gasteiger partial charge in [0.25, 0.3) is 5.91 Å². The van der Waals surface area contributed by atoms with Crippen LogP contribution in [0.25, 0.3) is 11.1 Å². The van der Waals surface area contributed by atoms with Crippen molar-refractivity contribution in [1.29, 1.82) is 5.41 Å². The molecule has 0 aliphatic heterocycles. The Labute approximate surface area is 190 Å². The lowest BCUT2D eigenvalue weighted by atomic mass is 10.00. The summed E-state index contributed by atoms with van der Waals surface area (Å²) in [5.41, 5.74) is 7.10. The van der Waals surface area contributed by atoms with Crippen LogP contribution in [0.5, 0.6) is 0 Å². The molecule has 3 aromatic carbocycles. The molecule has 0 spiro atoms. The Bertz CT molecular complexity index is 1080. The van der Waals surface area contributed by atoms with Crippen molar-refractivity contribution < 1.29 is 18.3 Å². The molecule has 1 amide bonds. The highest BCUT2D eigenvalue weighted by Crippen LogP contribution is 2.31. The molecule has 0 fully saturated rings. The number of nitrogens with zero attached hydrogens (tertiary/aromatic N) is 1. The first kappa shape index (κ1) is 23.4. The third-order valence-electron chi connectivity index (χ3n) is 4.83. The van der Waals surface area contributed by atoms with E-state index in [2.05, 4.69) is 0 Å². The number of benzene rings is 3. The van der Waals surface area contributed by atoms with Crippen molar-refractivity contribution in [3.8, 4) is 11.1 Å². The number of nitrogens with two attached hydrogens (primary N) is 1. The lowest BCUT2D eigenvalue weighted by Gasteiger charge is -2.23. The van der Waals surface area contributed by atoms with E-state index in [9.17, 15) is 13.6 Å². The fraction of sp³-hybridized carbons (Fsp3) is 0.167. The van der Waals surface area contributed by atoms with Gasteiger partial charge < -0.3 is 10.5 Å². The van der Waals surface area contributed by atoms with E-state index in [0.29, 0.717) is 22.3 Å². The maximum Gasteiger partial charge on any atom is 0.271 e. The van der Waals surface area contributed by atoms with Crippen LogP contribution in [0.3, 0.4) is 0 Å². The van der Waals surface area contributed by atoms with Crippen molar-refractivity contribution in [2.75, 3.05) is 6.61 Å². The summed E-state index contributed by atoms with van der Waals surface area (Å²) in [5, 5.41) is 7.42. The van der Waals surface area contributed by atoms with Crippen LogP contribution in [0.4, 0.5) is 8.78 Å². The van der Waals surface area contributed by atoms with Crippen LogP contribution in [-0.2, 0) is 16.1 Å². The van der Waals surface area contributed by atoms with Crippen molar-refractivity contribution in [2.45, 2.75) is 19.6 Å². The van der Waals surface area contributed by atoms with Crippen LogP contribution in [0.15, 0.2) is 66.7 Å². The van der Waals surface area contributed by atoms with E-state index in [1.165, 1.54) is 12.1 Å². The zero-order valence-corrected chi connectivity index (χ0v) is 18.1. The smallest absolute Gasteiger partial charge is 0.271 e. The predicted molar refractivity (Wildman–Crippen MR) is 120 cm³/mol. The first-order valence-electron chi connectivity index (χ1n) is 9.88. The van der Waals surface area contributed by atoms with E-state index in [4.69, 9.17) is 27.7 Å². The molecule has 8 heteroatoms. The molecule has 5 nitrogen and oxygen atoms in total. The Morgan fingerprint density at radius 2 is 1.66 bits per heavy atom. The van der Waals surface area contributed by atoms with E-state index >= 15 is 0 Å². The molecule has 0 aliphatic rings. The van der Waals surface area contributed by atoms with E-state index in [1.807, 2.05) is 0 Å². The Balaban J connectivity index is 1.86. The third kappa shape index (κ3) is 5.30. The number of hydrogen-bond donors (Lipinski definition) is 2. The Morgan fingerprint density at radius 1 is 1.06 bits per heavy atom. The van der Waals surface area contributed by atoms with Gasteiger partial charge in [-0.3, -0.25) is 10.2 Å². The van der Waals surface area contributed by atoms with E-state index in [-0.39, 0.29) is 19.0 Å². The first-order valence-corrected chi connectivity index (χ1v) is 10.2. The number of ether oxygens (including phenoxy) is 1. The Kier molecular flexibility index (Phi) is 7.56. The second-order valence-electron chi connectivity index (χ2n) is 7.02. The molecule has 3 aromatic rings. The van der Waals surface area contributed by atoms with Crippen molar-refractivity contribution in [3.63, 3.8) is 0 Å². The monoisotopic (exact) mass is 457 g/mol. The molecule has 3 N–H and O–H groups in total. The molecule has 32 heavy (non-hydrogen) atoms. The lowest BCUT2D eigenvalue weighted by Crippen LogP contribution is -2.30. The van der Waals surface area contributed by atoms with Gasteiger partial charge in [0.05, 0.1) is 12.1 Å². The number of hydrogen-bond acceptors (Lipinski definition) is 3. The van der Waals surface area contributed by atoms with Gasteiger partial charge in [-0.15, -0.1) is 0 Å². The molecule has 0 aromatic heterocycles. The second kappa shape index (κ2) is 10.3. The van der Waals surface area contributed by atoms with Gasteiger partial charge in [-0.2, -0.15) is 0 Å². The van der Waals surface area contributed by atoms with Gasteiger partial charge in [-0.25, -0.2) is 13.2 Å². The van der Waals surface area contributed by atoms with Gasteiger partial charge in [-0.05, 0) is 35.7 Å². The molecule has 1 atom stereocenters. The standard InChI is InChI=1S/C24H22ClF2N3O2/c1-2-32-22(24(31)30(25)14-15-8-10-17(11-9-15)23(28)29)21-19(26)12-18(13-20(21)27)16-6-4-3-5-7-16/h3-13,22H,2,14H2,1H3,(H3,28,29). The van der Waals surface area contributed by atoms with Gasteiger partial charge in [0.15, 0.2) is 6.10 Å². The number of rotatable bonds is 8. The van der Waals surface area contributed by atoms with Crippen LogP contribution in [0, 0.1) is 17.0 Å². The predicted octanol–water partition coefficient (Wildman–Crippen LogP) is 5.18. The van der Waals surface area contributed by atoms with Gasteiger partial charge >= 0.3 is 0 Å². The zero-order valence-electron chi connectivity index (χ0n) is 17.3. The van der Waals surface area contributed by atoms with E-state index in [1.54, 1.807) is 61.5 Å². The topological polar surface area (TPSA) is 79.4 Å². The third-order valence-corrected chi connectivity index (χ3v) is 5.12. The fourth-order valence-corrected chi connectivity index (χ4v) is 3.46. The maximum atomic E-state index is 15.0. The molecular weight excluding hydrogens is 436 g/mol. The van der Waals surface area contributed by atoms with Gasteiger partial charge in [0, 0.05) is 23.9 Å². The average Bonchev–Trinajstić information content (AvgIpc) is 2.78. The number of amidine groups is 1. The molecule has 166 valence electrons. The van der Waals surface area contributed by atoms with Gasteiger partial charge in [0.2, 0.25) is 0 Å². The maximum absolute atomic E-state index is 15.0. The minimum Gasteiger partial charge on any atom is -0.384 e. The average molecular weight is 458 g/mol. The van der Waals surface area contributed by atoms with Gasteiger partial charge in [0.1, 0.15) is 17.5 Å². The normalized spacial score (nSPS) is 11.8. The van der Waals surface area contributed by atoms with Crippen LogP contribution in [0.1, 0.15) is 29.7 Å². The van der Waals surface area contributed by atoms with Crippen LogP contribution < -0.4 is 5.73 Å². The molecule has 0 bridgehead atoms. The van der Waals surface area contributed by atoms with Crippen molar-refractivity contribution in [3.05, 3.63) is 95.1 Å². The van der Waals surface area contributed by atoms with Crippen LogP contribution in [0.2, 0.25) is 0 Å². The number of carbonyl (C=O) groups is 1. The zero-order chi connectivity index (χ0) is 23.3. The summed E-state index contributed by atoms with van der Waals surface area (Å²) >= 11 is 6.17. The minimum atomic E-state index is -1.54. The number of amides is 1. The summed E-state index contributed by atoms with van der Waals surface area (Å²) in [5.74, 6) is -2.68. The van der Waals surface area contributed by atoms with Crippen molar-refractivity contribution in [2.24, 2.45) is 5.73 Å². The summed E-state index contributed by atoms with van der Waals surface area (Å²) in [6, 6.07) is 17.7. The second-order valence-corrected chi connectivity index (χ2v) is 7.43. The molecule has 0 radical (unpaired) electrons. The molecule has 1 unspecified atom stereocenters. The molecule has 0 saturated carbocycles. The number of carbonyl (C=O) groups excluding carboxylic acids is 1. The molecule has 3 rings (SSSR count). The number of halogens is 3. The SMILES string of the molecule is CCOC(C(=O)N(Cl)Cc1ccc(C(=N)N)cc1)c1c(F)cc(-c2ccccc2)cc1F. The molecule has 0 saturated heterocycles. The van der Waals surface area contributed by atoms with Crippen molar-refractivity contribution in [1.82, 2.24) is 4.42 Å². The van der Waals surface area contributed by atoms with E-state index in [0.717, 1.165) is 4.42 Å². The number of nitrogens with one attached hydrogen (secondary N) is 1. The van der Waals surface area contributed by atoms with Crippen LogP contribution >= 0.6 is 11.8 Å². The van der Waals surface area contributed by atoms with Crippen LogP contribution in [-0.4, -0.2) is 22.8 Å². The fourth-order valence-electron chi connectivity index (χ4n) is 3.23. The minimum absolute atomic E-state index is 0.0342. The molecular formula is C24H22ClF2N3O2.